The predicted molar refractivity (Wildman–Crippen MR) is 81.7 cm³/mol. The average molecular weight is 344 g/mol. The molecule has 23 heavy (non-hydrogen) atoms. The van der Waals surface area contributed by atoms with Crippen molar-refractivity contribution >= 4 is 17.3 Å². The van der Waals surface area contributed by atoms with Crippen molar-refractivity contribution in [2.45, 2.75) is 20.0 Å². The van der Waals surface area contributed by atoms with Crippen LogP contribution in [0.2, 0.25) is 5.02 Å². The number of oxime groups is 1. The van der Waals surface area contributed by atoms with E-state index in [9.17, 15) is 13.2 Å². The van der Waals surface area contributed by atoms with Crippen molar-refractivity contribution in [1.82, 2.24) is 0 Å². The molecule has 0 atom stereocenters. The van der Waals surface area contributed by atoms with E-state index in [1.54, 1.807) is 32.0 Å². The van der Waals surface area contributed by atoms with Crippen molar-refractivity contribution in [3.8, 4) is 11.5 Å². The molecular weight excluding hydrogens is 331 g/mol. The molecule has 2 aromatic carbocycles. The molecule has 0 radical (unpaired) electrons. The number of alkyl halides is 3. The van der Waals surface area contributed by atoms with Crippen molar-refractivity contribution in [2.24, 2.45) is 5.16 Å². The molecule has 0 amide bonds. The molecule has 0 saturated heterocycles. The molecule has 0 unspecified atom stereocenters. The lowest BCUT2D eigenvalue weighted by Crippen LogP contribution is -2.04. The molecule has 2 rings (SSSR count). The summed E-state index contributed by atoms with van der Waals surface area (Å²) >= 11 is 5.86. The number of hydrogen-bond donors (Lipinski definition) is 1. The van der Waals surface area contributed by atoms with Gasteiger partial charge < -0.3 is 9.94 Å². The number of benzene rings is 2. The first kappa shape index (κ1) is 17.1. The van der Waals surface area contributed by atoms with Crippen LogP contribution in [0.25, 0.3) is 0 Å². The lowest BCUT2D eigenvalue weighted by molar-refractivity contribution is -0.137. The smallest absolute Gasteiger partial charge is 0.416 e. The molecule has 0 aliphatic heterocycles. The van der Waals surface area contributed by atoms with Crippen LogP contribution in [0.1, 0.15) is 23.6 Å². The summed E-state index contributed by atoms with van der Waals surface area (Å²) in [5, 5.41) is 11.7. The van der Waals surface area contributed by atoms with E-state index in [4.69, 9.17) is 21.5 Å². The first-order chi connectivity index (χ1) is 10.7. The van der Waals surface area contributed by atoms with Crippen LogP contribution in [0, 0.1) is 6.92 Å². The third kappa shape index (κ3) is 3.96. The maximum atomic E-state index is 12.6. The van der Waals surface area contributed by atoms with Gasteiger partial charge in [-0.05, 0) is 61.4 Å². The van der Waals surface area contributed by atoms with Crippen LogP contribution in [0.4, 0.5) is 13.2 Å². The maximum absolute atomic E-state index is 12.6. The van der Waals surface area contributed by atoms with Crippen LogP contribution in [-0.2, 0) is 6.18 Å². The normalized spacial score (nSPS) is 12.3. The lowest BCUT2D eigenvalue weighted by atomic mass is 10.1. The standard InChI is InChI=1S/C16H13ClF3NO2/c1-9-7-11(10(2)21-22)3-5-14(9)23-15-6-4-12(8-13(15)17)16(18,19)20/h3-8,22H,1-2H3. The molecule has 0 aromatic heterocycles. The predicted octanol–water partition coefficient (Wildman–Crippen LogP) is 5.66. The quantitative estimate of drug-likeness (QED) is 0.444. The first-order valence-electron chi connectivity index (χ1n) is 6.56. The van der Waals surface area contributed by atoms with E-state index in [-0.39, 0.29) is 10.8 Å². The molecule has 0 aliphatic carbocycles. The van der Waals surface area contributed by atoms with Crippen LogP contribution in [0.5, 0.6) is 11.5 Å². The number of hydrogen-bond acceptors (Lipinski definition) is 3. The van der Waals surface area contributed by atoms with Crippen molar-refractivity contribution in [2.75, 3.05) is 0 Å². The maximum Gasteiger partial charge on any atom is 0.416 e. The van der Waals surface area contributed by atoms with Crippen molar-refractivity contribution < 1.29 is 23.1 Å². The van der Waals surface area contributed by atoms with E-state index in [0.717, 1.165) is 17.7 Å². The zero-order valence-electron chi connectivity index (χ0n) is 12.3. The van der Waals surface area contributed by atoms with Gasteiger partial charge in [0.15, 0.2) is 0 Å². The summed E-state index contributed by atoms with van der Waals surface area (Å²) < 4.78 is 43.4. The summed E-state index contributed by atoms with van der Waals surface area (Å²) in [4.78, 5) is 0. The second kappa shape index (κ2) is 6.50. The summed E-state index contributed by atoms with van der Waals surface area (Å²) in [6.45, 7) is 3.41. The van der Waals surface area contributed by atoms with E-state index < -0.39 is 11.7 Å². The summed E-state index contributed by atoms with van der Waals surface area (Å²) in [6, 6.07) is 7.96. The summed E-state index contributed by atoms with van der Waals surface area (Å²) in [5.74, 6) is 0.573. The highest BCUT2D eigenvalue weighted by Gasteiger charge is 2.31. The van der Waals surface area contributed by atoms with Crippen LogP contribution < -0.4 is 4.74 Å². The van der Waals surface area contributed by atoms with Gasteiger partial charge in [0.25, 0.3) is 0 Å². The van der Waals surface area contributed by atoms with Crippen LogP contribution in [-0.4, -0.2) is 10.9 Å². The van der Waals surface area contributed by atoms with E-state index in [0.29, 0.717) is 17.0 Å². The third-order valence-corrected chi connectivity index (χ3v) is 3.52. The van der Waals surface area contributed by atoms with E-state index in [1.165, 1.54) is 6.07 Å². The average Bonchev–Trinajstić information content (AvgIpc) is 2.49. The third-order valence-electron chi connectivity index (χ3n) is 3.22. The Labute approximate surface area is 136 Å². The molecule has 3 nitrogen and oxygen atoms in total. The number of ether oxygens (including phenoxy) is 1. The minimum Gasteiger partial charge on any atom is -0.456 e. The van der Waals surface area contributed by atoms with E-state index in [2.05, 4.69) is 5.16 Å². The summed E-state index contributed by atoms with van der Waals surface area (Å²) in [6.07, 6.45) is -4.46. The Morgan fingerprint density at radius 1 is 1.13 bits per heavy atom. The highest BCUT2D eigenvalue weighted by molar-refractivity contribution is 6.32. The highest BCUT2D eigenvalue weighted by atomic mass is 35.5. The van der Waals surface area contributed by atoms with E-state index in [1.807, 2.05) is 0 Å². The van der Waals surface area contributed by atoms with Gasteiger partial charge in [-0.15, -0.1) is 0 Å². The molecule has 2 aromatic rings. The van der Waals surface area contributed by atoms with Crippen LogP contribution in [0.3, 0.4) is 0 Å². The molecule has 1 N–H and O–H groups in total. The molecule has 0 spiro atoms. The minimum absolute atomic E-state index is 0.128. The highest BCUT2D eigenvalue weighted by Crippen LogP contribution is 2.37. The Morgan fingerprint density at radius 3 is 2.30 bits per heavy atom. The van der Waals surface area contributed by atoms with Gasteiger partial charge in [-0.25, -0.2) is 0 Å². The van der Waals surface area contributed by atoms with Gasteiger partial charge in [0, 0.05) is 0 Å². The fourth-order valence-electron chi connectivity index (χ4n) is 1.93. The van der Waals surface area contributed by atoms with Crippen molar-refractivity contribution in [1.29, 1.82) is 0 Å². The van der Waals surface area contributed by atoms with Gasteiger partial charge in [-0.3, -0.25) is 0 Å². The van der Waals surface area contributed by atoms with E-state index >= 15 is 0 Å². The monoisotopic (exact) mass is 343 g/mol. The first-order valence-corrected chi connectivity index (χ1v) is 6.94. The van der Waals surface area contributed by atoms with Crippen molar-refractivity contribution in [3.05, 3.63) is 58.1 Å². The van der Waals surface area contributed by atoms with Crippen LogP contribution in [0.15, 0.2) is 41.6 Å². The second-order valence-corrected chi connectivity index (χ2v) is 5.32. The number of halogens is 4. The number of rotatable bonds is 3. The minimum atomic E-state index is -4.46. The summed E-state index contributed by atoms with van der Waals surface area (Å²) in [7, 11) is 0. The van der Waals surface area contributed by atoms with Gasteiger partial charge in [0.1, 0.15) is 11.5 Å². The molecular formula is C16H13ClF3NO2. The fraction of sp³-hybridized carbons (Fsp3) is 0.188. The zero-order valence-corrected chi connectivity index (χ0v) is 13.0. The molecule has 7 heteroatoms. The van der Waals surface area contributed by atoms with Gasteiger partial charge in [0.2, 0.25) is 0 Å². The summed E-state index contributed by atoms with van der Waals surface area (Å²) in [5.41, 5.74) is 1.03. The molecule has 0 bridgehead atoms. The van der Waals surface area contributed by atoms with Gasteiger partial charge in [-0.2, -0.15) is 13.2 Å². The van der Waals surface area contributed by atoms with Crippen LogP contribution >= 0.6 is 11.6 Å². The largest absolute Gasteiger partial charge is 0.456 e. The van der Waals surface area contributed by atoms with Gasteiger partial charge >= 0.3 is 6.18 Å². The lowest BCUT2D eigenvalue weighted by Gasteiger charge is -2.13. The zero-order chi connectivity index (χ0) is 17.2. The number of nitrogens with zero attached hydrogens (tertiary/aromatic N) is 1. The SMILES string of the molecule is CC(=NO)c1ccc(Oc2ccc(C(F)(F)F)cc2Cl)c(C)c1. The number of aryl methyl sites for hydroxylation is 1. The molecule has 0 saturated carbocycles. The Balaban J connectivity index is 2.29. The Bertz CT molecular complexity index is 757. The molecule has 0 aliphatic rings. The molecule has 0 fully saturated rings. The Kier molecular flexibility index (Phi) is 4.85. The topological polar surface area (TPSA) is 41.8 Å². The van der Waals surface area contributed by atoms with Crippen molar-refractivity contribution in [3.63, 3.8) is 0 Å². The van der Waals surface area contributed by atoms with Gasteiger partial charge in [0.05, 0.1) is 16.3 Å². The Morgan fingerprint density at radius 2 is 1.78 bits per heavy atom. The van der Waals surface area contributed by atoms with Gasteiger partial charge in [-0.1, -0.05) is 16.8 Å². The Hall–Kier alpha value is -2.21. The molecule has 0 heterocycles. The molecule has 122 valence electrons. The fourth-order valence-corrected chi connectivity index (χ4v) is 2.14. The second-order valence-electron chi connectivity index (χ2n) is 4.91.